The predicted molar refractivity (Wildman–Crippen MR) is 118 cm³/mol. The number of rotatable bonds is 11. The normalized spacial score (nSPS) is 15.8. The smallest absolute Gasteiger partial charge is 0.341 e. The average molecular weight is 420 g/mol. The highest BCUT2D eigenvalue weighted by Crippen LogP contribution is 2.33. The fraction of sp³-hybridized carbons (Fsp3) is 0.667. The Morgan fingerprint density at radius 2 is 1.73 bits per heavy atom. The molecule has 0 unspecified atom stereocenters. The first-order valence-electron chi connectivity index (χ1n) is 11.5. The summed E-state index contributed by atoms with van der Waals surface area (Å²) in [7, 11) is 0. The fourth-order valence-corrected chi connectivity index (χ4v) is 3.71. The third kappa shape index (κ3) is 6.73. The van der Waals surface area contributed by atoms with Crippen LogP contribution in [0.2, 0.25) is 0 Å². The first-order valence-corrected chi connectivity index (χ1v) is 11.5. The zero-order chi connectivity index (χ0) is 21.8. The Balaban J connectivity index is 2.22. The lowest BCUT2D eigenvalue weighted by atomic mass is 9.92. The molecule has 0 heterocycles. The minimum absolute atomic E-state index is 0.132. The SMILES string of the molecule is CCCCOc1ccc(NC(=O)C2(OCCC)CCCCCC2)cc1C(=O)OCC. The average Bonchev–Trinajstić information content (AvgIpc) is 3.00. The molecule has 0 radical (unpaired) electrons. The number of nitrogens with one attached hydrogen (secondary N) is 1. The van der Waals surface area contributed by atoms with E-state index >= 15 is 0 Å². The van der Waals surface area contributed by atoms with Gasteiger partial charge >= 0.3 is 5.97 Å². The van der Waals surface area contributed by atoms with Crippen LogP contribution in [-0.2, 0) is 14.3 Å². The number of unbranched alkanes of at least 4 members (excludes halogenated alkanes) is 1. The van der Waals surface area contributed by atoms with Crippen LogP contribution >= 0.6 is 0 Å². The zero-order valence-corrected chi connectivity index (χ0v) is 18.8. The summed E-state index contributed by atoms with van der Waals surface area (Å²) in [5, 5.41) is 2.99. The van der Waals surface area contributed by atoms with Crippen molar-refractivity contribution in [2.75, 3.05) is 25.1 Å². The molecule has 6 nitrogen and oxygen atoms in total. The van der Waals surface area contributed by atoms with Crippen molar-refractivity contribution in [3.8, 4) is 5.75 Å². The maximum atomic E-state index is 13.3. The summed E-state index contributed by atoms with van der Waals surface area (Å²) >= 11 is 0. The molecule has 1 saturated carbocycles. The van der Waals surface area contributed by atoms with E-state index in [4.69, 9.17) is 14.2 Å². The molecule has 6 heteroatoms. The van der Waals surface area contributed by atoms with Gasteiger partial charge in [-0.15, -0.1) is 0 Å². The number of esters is 1. The molecule has 1 amide bonds. The van der Waals surface area contributed by atoms with Gasteiger partial charge in [0.05, 0.1) is 13.2 Å². The predicted octanol–water partition coefficient (Wildman–Crippen LogP) is 5.50. The van der Waals surface area contributed by atoms with Crippen molar-refractivity contribution >= 4 is 17.6 Å². The molecule has 1 aliphatic carbocycles. The molecule has 1 aromatic rings. The van der Waals surface area contributed by atoms with Gasteiger partial charge in [-0.05, 0) is 50.8 Å². The Kier molecular flexibility index (Phi) is 10.1. The first-order chi connectivity index (χ1) is 14.6. The second-order valence-corrected chi connectivity index (χ2v) is 7.84. The largest absolute Gasteiger partial charge is 0.493 e. The lowest BCUT2D eigenvalue weighted by Crippen LogP contribution is -2.45. The number of carbonyl (C=O) groups is 2. The Morgan fingerprint density at radius 1 is 1.00 bits per heavy atom. The standard InChI is InChI=1S/C24H37NO5/c1-4-7-17-29-21-13-12-19(18-20(21)22(26)28-6-3)25-23(27)24(30-16-5-2)14-10-8-9-11-15-24/h12-13,18H,4-11,14-17H2,1-3H3,(H,25,27). The van der Waals surface area contributed by atoms with Crippen molar-refractivity contribution in [3.63, 3.8) is 0 Å². The van der Waals surface area contributed by atoms with Crippen LogP contribution in [-0.4, -0.2) is 37.3 Å². The van der Waals surface area contributed by atoms with Crippen molar-refractivity contribution < 1.29 is 23.8 Å². The molecule has 168 valence electrons. The Bertz CT molecular complexity index is 680. The molecule has 0 aromatic heterocycles. The summed E-state index contributed by atoms with van der Waals surface area (Å²) in [6, 6.07) is 5.14. The quantitative estimate of drug-likeness (QED) is 0.291. The van der Waals surface area contributed by atoms with E-state index in [1.165, 1.54) is 0 Å². The van der Waals surface area contributed by atoms with Crippen molar-refractivity contribution in [3.05, 3.63) is 23.8 Å². The van der Waals surface area contributed by atoms with Gasteiger partial charge < -0.3 is 19.5 Å². The molecule has 1 aliphatic rings. The number of carbonyl (C=O) groups excluding carboxylic acids is 2. The van der Waals surface area contributed by atoms with Crippen LogP contribution in [0.4, 0.5) is 5.69 Å². The molecule has 0 spiro atoms. The fourth-order valence-electron chi connectivity index (χ4n) is 3.71. The lowest BCUT2D eigenvalue weighted by molar-refractivity contribution is -0.143. The highest BCUT2D eigenvalue weighted by atomic mass is 16.5. The van der Waals surface area contributed by atoms with Crippen LogP contribution < -0.4 is 10.1 Å². The summed E-state index contributed by atoms with van der Waals surface area (Å²) in [6.07, 6.45) is 8.43. The third-order valence-corrected chi connectivity index (χ3v) is 5.40. The van der Waals surface area contributed by atoms with Gasteiger partial charge in [-0.1, -0.05) is 46.0 Å². The van der Waals surface area contributed by atoms with Crippen LogP contribution in [0.15, 0.2) is 18.2 Å². The van der Waals surface area contributed by atoms with E-state index in [0.29, 0.717) is 30.2 Å². The Morgan fingerprint density at radius 3 is 2.37 bits per heavy atom. The topological polar surface area (TPSA) is 73.9 Å². The number of hydrogen-bond donors (Lipinski definition) is 1. The summed E-state index contributed by atoms with van der Waals surface area (Å²) in [4.78, 5) is 25.7. The van der Waals surface area contributed by atoms with Crippen LogP contribution in [0.3, 0.4) is 0 Å². The molecule has 1 fully saturated rings. The number of hydrogen-bond acceptors (Lipinski definition) is 5. The molecule has 1 aromatic carbocycles. The van der Waals surface area contributed by atoms with E-state index < -0.39 is 11.6 Å². The molecular weight excluding hydrogens is 382 g/mol. The van der Waals surface area contributed by atoms with E-state index in [0.717, 1.165) is 57.8 Å². The minimum atomic E-state index is -0.799. The molecule has 30 heavy (non-hydrogen) atoms. The summed E-state index contributed by atoms with van der Waals surface area (Å²) < 4.78 is 17.1. The van der Waals surface area contributed by atoms with Gasteiger partial charge in [-0.2, -0.15) is 0 Å². The summed E-state index contributed by atoms with van der Waals surface area (Å²) in [5.74, 6) is -0.106. The lowest BCUT2D eigenvalue weighted by Gasteiger charge is -2.31. The molecular formula is C24H37NO5. The van der Waals surface area contributed by atoms with Crippen molar-refractivity contribution in [2.45, 2.75) is 84.2 Å². The molecule has 0 aliphatic heterocycles. The molecule has 2 rings (SSSR count). The highest BCUT2D eigenvalue weighted by molar-refractivity contribution is 5.99. The van der Waals surface area contributed by atoms with Crippen molar-refractivity contribution in [1.82, 2.24) is 0 Å². The third-order valence-electron chi connectivity index (χ3n) is 5.40. The molecule has 0 atom stereocenters. The Hall–Kier alpha value is -2.08. The van der Waals surface area contributed by atoms with Gasteiger partial charge in [-0.25, -0.2) is 4.79 Å². The van der Waals surface area contributed by atoms with Gasteiger partial charge in [0.1, 0.15) is 16.9 Å². The van der Waals surface area contributed by atoms with Crippen LogP contribution in [0.5, 0.6) is 5.75 Å². The molecule has 1 N–H and O–H groups in total. The summed E-state index contributed by atoms with van der Waals surface area (Å²) in [5.41, 5.74) is 0.0807. The van der Waals surface area contributed by atoms with E-state index in [-0.39, 0.29) is 12.5 Å². The van der Waals surface area contributed by atoms with E-state index in [1.54, 1.807) is 25.1 Å². The van der Waals surface area contributed by atoms with Gasteiger partial charge in [0, 0.05) is 12.3 Å². The Labute approximate surface area is 180 Å². The van der Waals surface area contributed by atoms with Crippen molar-refractivity contribution in [2.24, 2.45) is 0 Å². The van der Waals surface area contributed by atoms with Crippen LogP contribution in [0.25, 0.3) is 0 Å². The van der Waals surface area contributed by atoms with Gasteiger partial charge in [0.2, 0.25) is 0 Å². The number of amides is 1. The maximum Gasteiger partial charge on any atom is 0.341 e. The van der Waals surface area contributed by atoms with Crippen LogP contribution in [0, 0.1) is 0 Å². The van der Waals surface area contributed by atoms with Gasteiger partial charge in [0.15, 0.2) is 0 Å². The van der Waals surface area contributed by atoms with E-state index in [1.807, 2.05) is 6.92 Å². The number of ether oxygens (including phenoxy) is 3. The summed E-state index contributed by atoms with van der Waals surface area (Å²) in [6.45, 7) is 7.26. The van der Waals surface area contributed by atoms with Crippen molar-refractivity contribution in [1.29, 1.82) is 0 Å². The van der Waals surface area contributed by atoms with Gasteiger partial charge in [-0.3, -0.25) is 4.79 Å². The maximum absolute atomic E-state index is 13.3. The number of anilines is 1. The minimum Gasteiger partial charge on any atom is -0.493 e. The second kappa shape index (κ2) is 12.6. The van der Waals surface area contributed by atoms with E-state index in [9.17, 15) is 9.59 Å². The second-order valence-electron chi connectivity index (χ2n) is 7.84. The molecule has 0 bridgehead atoms. The monoisotopic (exact) mass is 419 g/mol. The highest BCUT2D eigenvalue weighted by Gasteiger charge is 2.39. The van der Waals surface area contributed by atoms with E-state index in [2.05, 4.69) is 12.2 Å². The number of benzene rings is 1. The first kappa shape index (κ1) is 24.2. The molecule has 0 saturated heterocycles. The zero-order valence-electron chi connectivity index (χ0n) is 18.8. The van der Waals surface area contributed by atoms with Gasteiger partial charge in [0.25, 0.3) is 5.91 Å². The van der Waals surface area contributed by atoms with Crippen LogP contribution in [0.1, 0.15) is 88.9 Å².